The van der Waals surface area contributed by atoms with Crippen molar-refractivity contribution in [2.45, 2.75) is 42.3 Å². The first-order valence-electron chi connectivity index (χ1n) is 20.6. The molecule has 0 heterocycles. The van der Waals surface area contributed by atoms with Gasteiger partial charge in [-0.1, -0.05) is 182 Å². The van der Waals surface area contributed by atoms with Crippen molar-refractivity contribution in [3.8, 4) is 0 Å². The Labute approximate surface area is 366 Å². The van der Waals surface area contributed by atoms with E-state index >= 15 is 0 Å². The zero-order chi connectivity index (χ0) is 41.4. The van der Waals surface area contributed by atoms with Crippen LogP contribution < -0.4 is 0 Å². The topological polar surface area (TPSA) is 32.8 Å². The number of thioether (sulfide) groups is 2. The van der Waals surface area contributed by atoms with E-state index in [4.69, 9.17) is 16.3 Å². The molecule has 0 aliphatic heterocycles. The van der Waals surface area contributed by atoms with Gasteiger partial charge in [-0.05, 0) is 67.1 Å². The van der Waals surface area contributed by atoms with Gasteiger partial charge in [0.05, 0.1) is 9.49 Å². The molecule has 0 fully saturated rings. The van der Waals surface area contributed by atoms with Gasteiger partial charge in [0.25, 0.3) is 0 Å². The van der Waals surface area contributed by atoms with E-state index in [1.165, 1.54) is 33.4 Å². The Morgan fingerprint density at radius 2 is 0.797 bits per heavy atom. The van der Waals surface area contributed by atoms with Crippen LogP contribution in [0.4, 0.5) is 4.79 Å². The third-order valence-corrected chi connectivity index (χ3v) is 13.8. The quantitative estimate of drug-likeness (QED) is 0.0565. The normalized spacial score (nSPS) is 12.0. The molecule has 0 saturated carbocycles. The van der Waals surface area contributed by atoms with E-state index in [1.54, 1.807) is 0 Å². The molecule has 306 valence electrons. The summed E-state index contributed by atoms with van der Waals surface area (Å²) in [5.41, 5.74) is 6.74. The Balaban J connectivity index is 1.24. The molecule has 0 aliphatic rings. The van der Waals surface area contributed by atoms with Crippen LogP contribution in [0.15, 0.2) is 182 Å². The van der Waals surface area contributed by atoms with E-state index in [9.17, 15) is 4.79 Å². The lowest BCUT2D eigenvalue weighted by Gasteiger charge is -2.37. The van der Waals surface area contributed by atoms with Gasteiger partial charge in [0.2, 0.25) is 0 Å². The maximum absolute atomic E-state index is 14.0. The first kappa shape index (κ1) is 44.1. The van der Waals surface area contributed by atoms with Gasteiger partial charge in [0.15, 0.2) is 0 Å². The average Bonchev–Trinajstić information content (AvgIpc) is 3.28. The number of ether oxygens (including phenoxy) is 1. The molecule has 6 aromatic carbocycles. The number of amides is 1. The summed E-state index contributed by atoms with van der Waals surface area (Å²) in [5, 5.41) is 0. The summed E-state index contributed by atoms with van der Waals surface area (Å²) in [4.78, 5) is 18.4. The number of alkyl halides is 1. The van der Waals surface area contributed by atoms with Crippen LogP contribution in [0.5, 0.6) is 0 Å². The lowest BCUT2D eigenvalue weighted by atomic mass is 9.84. The van der Waals surface area contributed by atoms with Crippen molar-refractivity contribution in [1.82, 2.24) is 9.80 Å². The van der Waals surface area contributed by atoms with Crippen molar-refractivity contribution >= 4 is 41.2 Å². The molecule has 4 nitrogen and oxygen atoms in total. The second kappa shape index (κ2) is 21.7. The molecule has 59 heavy (non-hydrogen) atoms. The fourth-order valence-electron chi connectivity index (χ4n) is 7.68. The summed E-state index contributed by atoms with van der Waals surface area (Å²) >= 11 is 10.2. The molecule has 1 amide bonds. The van der Waals surface area contributed by atoms with Crippen LogP contribution in [0.25, 0.3) is 0 Å². The van der Waals surface area contributed by atoms with Crippen molar-refractivity contribution in [3.63, 3.8) is 0 Å². The number of benzene rings is 6. The Morgan fingerprint density at radius 3 is 1.10 bits per heavy atom. The monoisotopic (exact) mass is 840 g/mol. The van der Waals surface area contributed by atoms with Crippen LogP contribution in [0, 0.1) is 0 Å². The van der Waals surface area contributed by atoms with E-state index in [0.29, 0.717) is 31.3 Å². The van der Waals surface area contributed by atoms with E-state index in [1.807, 2.05) is 49.2 Å². The highest BCUT2D eigenvalue weighted by Crippen LogP contribution is 2.49. The van der Waals surface area contributed by atoms with Gasteiger partial charge in [0, 0.05) is 43.6 Å². The lowest BCUT2D eigenvalue weighted by molar-refractivity contribution is 0.0246. The van der Waals surface area contributed by atoms with E-state index < -0.39 is 15.1 Å². The largest absolute Gasteiger partial charge is 0.444 e. The van der Waals surface area contributed by atoms with Crippen LogP contribution in [0.2, 0.25) is 0 Å². The SMILES string of the molecule is CC(C)(C)OC(=O)N(CCSC(c1ccccc1)(c1ccccc1)c1ccccc1)CCN(CCCCl)CCSC(c1ccccc1)(c1ccccc1)c1ccccc1. The standard InChI is InChI=1S/C52H57ClN2O2S2/c1-50(2,3)57-49(56)55(40-42-59-52(46-29-16-7-17-30-46,47-31-18-8-19-32-47)48-33-20-9-21-34-48)38-37-54(36-22-35-53)39-41-58-51(43-23-10-4-11-24-43,44-25-12-5-13-26-44)45-27-14-6-15-28-45/h4-21,23-34H,22,35-42H2,1-3H3. The predicted octanol–water partition coefficient (Wildman–Crippen LogP) is 12.6. The molecule has 0 spiro atoms. The molecule has 6 aromatic rings. The first-order chi connectivity index (χ1) is 28.8. The maximum Gasteiger partial charge on any atom is 0.410 e. The second-order valence-corrected chi connectivity index (χ2v) is 18.6. The summed E-state index contributed by atoms with van der Waals surface area (Å²) in [7, 11) is 0. The first-order valence-corrected chi connectivity index (χ1v) is 23.1. The molecule has 0 radical (unpaired) electrons. The Bertz CT molecular complexity index is 1910. The van der Waals surface area contributed by atoms with Crippen LogP contribution in [0.3, 0.4) is 0 Å². The van der Waals surface area contributed by atoms with Crippen LogP contribution in [-0.4, -0.2) is 71.6 Å². The number of rotatable bonds is 20. The Kier molecular flexibility index (Phi) is 16.2. The highest BCUT2D eigenvalue weighted by Gasteiger charge is 2.38. The van der Waals surface area contributed by atoms with Crippen molar-refractivity contribution in [2.24, 2.45) is 0 Å². The van der Waals surface area contributed by atoms with Gasteiger partial charge < -0.3 is 14.5 Å². The minimum absolute atomic E-state index is 0.286. The van der Waals surface area contributed by atoms with Crippen molar-refractivity contribution in [1.29, 1.82) is 0 Å². The molecule has 0 saturated heterocycles. The number of nitrogens with zero attached hydrogens (tertiary/aromatic N) is 2. The molecule has 7 heteroatoms. The third-order valence-electron chi connectivity index (χ3n) is 10.4. The highest BCUT2D eigenvalue weighted by molar-refractivity contribution is 8.00. The average molecular weight is 842 g/mol. The van der Waals surface area contributed by atoms with Crippen LogP contribution >= 0.6 is 35.1 Å². The molecule has 0 bridgehead atoms. The third kappa shape index (κ3) is 11.4. The summed E-state index contributed by atoms with van der Waals surface area (Å²) in [6, 6.07) is 64.7. The highest BCUT2D eigenvalue weighted by atomic mass is 35.5. The minimum Gasteiger partial charge on any atom is -0.444 e. The van der Waals surface area contributed by atoms with Crippen molar-refractivity contribution < 1.29 is 9.53 Å². The molecule has 0 N–H and O–H groups in total. The zero-order valence-electron chi connectivity index (χ0n) is 34.6. The number of carbonyl (C=O) groups excluding carboxylic acids is 1. The molecule has 0 unspecified atom stereocenters. The molecule has 6 rings (SSSR count). The number of hydrogen-bond acceptors (Lipinski definition) is 5. The maximum atomic E-state index is 14.0. The minimum atomic E-state index is -0.616. The van der Waals surface area contributed by atoms with Gasteiger partial charge in [-0.25, -0.2) is 4.79 Å². The predicted molar refractivity (Wildman–Crippen MR) is 253 cm³/mol. The van der Waals surface area contributed by atoms with Gasteiger partial charge in [-0.15, -0.1) is 35.1 Å². The zero-order valence-corrected chi connectivity index (χ0v) is 37.0. The van der Waals surface area contributed by atoms with Crippen LogP contribution in [0.1, 0.15) is 60.6 Å². The van der Waals surface area contributed by atoms with Crippen molar-refractivity contribution in [3.05, 3.63) is 215 Å². The smallest absolute Gasteiger partial charge is 0.410 e. The number of carbonyl (C=O) groups is 1. The van der Waals surface area contributed by atoms with Gasteiger partial charge >= 0.3 is 6.09 Å². The fourth-order valence-corrected chi connectivity index (χ4v) is 10.9. The lowest BCUT2D eigenvalue weighted by Crippen LogP contribution is -2.43. The van der Waals surface area contributed by atoms with E-state index in [2.05, 4.69) is 187 Å². The molecular weight excluding hydrogens is 784 g/mol. The molecule has 0 aliphatic carbocycles. The number of halogens is 1. The number of hydrogen-bond donors (Lipinski definition) is 0. The summed E-state index contributed by atoms with van der Waals surface area (Å²) in [6.07, 6.45) is 0.578. The summed E-state index contributed by atoms with van der Waals surface area (Å²) < 4.78 is 5.18. The van der Waals surface area contributed by atoms with Gasteiger partial charge in [-0.3, -0.25) is 0 Å². The fraction of sp³-hybridized carbons (Fsp3) is 0.288. The Hall–Kier alpha value is -4.46. The van der Waals surface area contributed by atoms with Gasteiger partial charge in [-0.2, -0.15) is 0 Å². The second-order valence-electron chi connectivity index (χ2n) is 15.6. The Morgan fingerprint density at radius 1 is 0.475 bits per heavy atom. The van der Waals surface area contributed by atoms with Gasteiger partial charge in [0.1, 0.15) is 5.60 Å². The van der Waals surface area contributed by atoms with E-state index in [0.717, 1.165) is 25.3 Å². The molecule has 0 atom stereocenters. The molecular formula is C52H57ClN2O2S2. The van der Waals surface area contributed by atoms with E-state index in [-0.39, 0.29) is 6.09 Å². The van der Waals surface area contributed by atoms with Crippen LogP contribution in [-0.2, 0) is 14.2 Å². The summed E-state index contributed by atoms with van der Waals surface area (Å²) in [6.45, 7) is 9.27. The summed E-state index contributed by atoms with van der Waals surface area (Å²) in [5.74, 6) is 2.15. The van der Waals surface area contributed by atoms with Crippen molar-refractivity contribution in [2.75, 3.05) is 50.1 Å². The molecule has 0 aromatic heterocycles.